The highest BCUT2D eigenvalue weighted by Crippen LogP contribution is 2.10. The van der Waals surface area contributed by atoms with Crippen LogP contribution in [0.4, 0.5) is 4.79 Å². The van der Waals surface area contributed by atoms with E-state index in [1.54, 1.807) is 18.2 Å². The van der Waals surface area contributed by atoms with Gasteiger partial charge in [-0.05, 0) is 19.8 Å². The predicted molar refractivity (Wildman–Crippen MR) is 68.5 cm³/mol. The van der Waals surface area contributed by atoms with Crippen LogP contribution >= 0.6 is 0 Å². The average molecular weight is 262 g/mol. The molecule has 0 aromatic rings. The third-order valence-corrected chi connectivity index (χ3v) is 3.91. The highest BCUT2D eigenvalue weighted by atomic mass is 32.2. The fraction of sp³-hybridized carbons (Fsp3) is 0.909. The van der Waals surface area contributed by atoms with Crippen LogP contribution in [0.15, 0.2) is 0 Å². The topological polar surface area (TPSA) is 58.6 Å². The first-order valence-electron chi connectivity index (χ1n) is 5.93. The Morgan fingerprint density at radius 2 is 2.35 bits per heavy atom. The van der Waals surface area contributed by atoms with Gasteiger partial charge in [-0.3, -0.25) is 4.21 Å². The Hall–Kier alpha value is -0.620. The lowest BCUT2D eigenvalue weighted by Gasteiger charge is -2.25. The SMILES string of the molecule is C[C@H](C[S@](C)=O)N(C)C(=O)NC[C@H]1CCCO1. The van der Waals surface area contributed by atoms with Crippen molar-refractivity contribution >= 4 is 16.8 Å². The van der Waals surface area contributed by atoms with E-state index in [4.69, 9.17) is 4.74 Å². The Labute approximate surface area is 105 Å². The van der Waals surface area contributed by atoms with Crippen molar-refractivity contribution in [3.8, 4) is 0 Å². The maximum absolute atomic E-state index is 11.8. The van der Waals surface area contributed by atoms with Crippen LogP contribution in [0.2, 0.25) is 0 Å². The fourth-order valence-electron chi connectivity index (χ4n) is 1.78. The molecule has 17 heavy (non-hydrogen) atoms. The van der Waals surface area contributed by atoms with Gasteiger partial charge in [-0.25, -0.2) is 4.79 Å². The lowest BCUT2D eigenvalue weighted by atomic mass is 10.2. The molecule has 1 N–H and O–H groups in total. The molecule has 3 atom stereocenters. The van der Waals surface area contributed by atoms with Gasteiger partial charge >= 0.3 is 6.03 Å². The van der Waals surface area contributed by atoms with Crippen molar-refractivity contribution in [2.45, 2.75) is 31.9 Å². The molecule has 0 radical (unpaired) electrons. The van der Waals surface area contributed by atoms with E-state index in [-0.39, 0.29) is 18.2 Å². The van der Waals surface area contributed by atoms with Gasteiger partial charge in [0.25, 0.3) is 0 Å². The second kappa shape index (κ2) is 6.96. The van der Waals surface area contributed by atoms with Crippen molar-refractivity contribution in [3.63, 3.8) is 0 Å². The number of ether oxygens (including phenoxy) is 1. The number of nitrogens with zero attached hydrogens (tertiary/aromatic N) is 1. The minimum atomic E-state index is -0.885. The summed E-state index contributed by atoms with van der Waals surface area (Å²) in [4.78, 5) is 13.4. The van der Waals surface area contributed by atoms with E-state index in [9.17, 15) is 9.00 Å². The number of amides is 2. The summed E-state index contributed by atoms with van der Waals surface area (Å²) in [6, 6.07) is -0.149. The third kappa shape index (κ3) is 5.04. The van der Waals surface area contributed by atoms with E-state index < -0.39 is 10.8 Å². The largest absolute Gasteiger partial charge is 0.376 e. The van der Waals surface area contributed by atoms with Crippen molar-refractivity contribution in [2.24, 2.45) is 0 Å². The third-order valence-electron chi connectivity index (χ3n) is 2.96. The van der Waals surface area contributed by atoms with Crippen LogP contribution < -0.4 is 5.32 Å². The van der Waals surface area contributed by atoms with Gasteiger partial charge in [-0.1, -0.05) is 0 Å². The zero-order valence-corrected chi connectivity index (χ0v) is 11.6. The number of carbonyl (C=O) groups is 1. The molecule has 6 heteroatoms. The standard InChI is InChI=1S/C11H22N2O3S/c1-9(8-17(3)15)13(2)11(14)12-7-10-5-4-6-16-10/h9-10H,4-8H2,1-3H3,(H,12,14)/t9-,10-,17+/m1/s1. The normalized spacial score (nSPS) is 23.1. The summed E-state index contributed by atoms with van der Waals surface area (Å²) in [6.07, 6.45) is 3.89. The van der Waals surface area contributed by atoms with Crippen molar-refractivity contribution in [3.05, 3.63) is 0 Å². The highest BCUT2D eigenvalue weighted by molar-refractivity contribution is 7.84. The number of rotatable bonds is 5. The predicted octanol–water partition coefficient (Wildman–Crippen LogP) is 0.574. The number of carbonyl (C=O) groups excluding carboxylic acids is 1. The minimum absolute atomic E-state index is 0.0228. The molecule has 0 aliphatic carbocycles. The van der Waals surface area contributed by atoms with Gasteiger partial charge in [-0.2, -0.15) is 0 Å². The summed E-state index contributed by atoms with van der Waals surface area (Å²) in [5.74, 6) is 0.504. The molecule has 0 saturated carbocycles. The molecule has 1 rings (SSSR count). The van der Waals surface area contributed by atoms with Crippen molar-refractivity contribution in [2.75, 3.05) is 32.2 Å². The quantitative estimate of drug-likeness (QED) is 0.788. The molecule has 1 fully saturated rings. The minimum Gasteiger partial charge on any atom is -0.376 e. The first-order valence-corrected chi connectivity index (χ1v) is 7.65. The van der Waals surface area contributed by atoms with Gasteiger partial charge < -0.3 is 15.0 Å². The van der Waals surface area contributed by atoms with E-state index in [0.29, 0.717) is 12.3 Å². The summed E-state index contributed by atoms with van der Waals surface area (Å²) < 4.78 is 16.5. The summed E-state index contributed by atoms with van der Waals surface area (Å²) in [7, 11) is 0.840. The molecule has 5 nitrogen and oxygen atoms in total. The lowest BCUT2D eigenvalue weighted by molar-refractivity contribution is 0.109. The molecule has 0 unspecified atom stereocenters. The Morgan fingerprint density at radius 3 is 2.88 bits per heavy atom. The highest BCUT2D eigenvalue weighted by Gasteiger charge is 2.20. The second-order valence-corrected chi connectivity index (χ2v) is 6.00. The van der Waals surface area contributed by atoms with Crippen LogP contribution in [0.1, 0.15) is 19.8 Å². The smallest absolute Gasteiger partial charge is 0.317 e. The number of nitrogens with one attached hydrogen (secondary N) is 1. The molecule has 2 amide bonds. The molecule has 1 aliphatic heterocycles. The maximum Gasteiger partial charge on any atom is 0.317 e. The van der Waals surface area contributed by atoms with E-state index in [0.717, 1.165) is 19.4 Å². The van der Waals surface area contributed by atoms with Crippen LogP contribution in [0, 0.1) is 0 Å². The molecule has 1 heterocycles. The van der Waals surface area contributed by atoms with E-state index >= 15 is 0 Å². The molecule has 0 aromatic heterocycles. The van der Waals surface area contributed by atoms with Crippen LogP contribution in [0.25, 0.3) is 0 Å². The zero-order chi connectivity index (χ0) is 12.8. The first kappa shape index (κ1) is 14.4. The molecular formula is C11H22N2O3S. The van der Waals surface area contributed by atoms with Crippen molar-refractivity contribution < 1.29 is 13.7 Å². The lowest BCUT2D eigenvalue weighted by Crippen LogP contribution is -2.46. The summed E-state index contributed by atoms with van der Waals surface area (Å²) in [5.41, 5.74) is 0. The molecule has 0 aromatic carbocycles. The summed E-state index contributed by atoms with van der Waals surface area (Å²) >= 11 is 0. The van der Waals surface area contributed by atoms with Gasteiger partial charge in [0.15, 0.2) is 0 Å². The molecule has 1 aliphatic rings. The molecule has 100 valence electrons. The second-order valence-electron chi connectivity index (χ2n) is 4.52. The van der Waals surface area contributed by atoms with Crippen LogP contribution in [0.3, 0.4) is 0 Å². The summed E-state index contributed by atoms with van der Waals surface area (Å²) in [5, 5.41) is 2.84. The number of hydrogen-bond donors (Lipinski definition) is 1. The molecule has 0 bridgehead atoms. The molecule has 0 spiro atoms. The molecular weight excluding hydrogens is 240 g/mol. The van der Waals surface area contributed by atoms with Crippen LogP contribution in [-0.4, -0.2) is 59.5 Å². The molecule has 1 saturated heterocycles. The van der Waals surface area contributed by atoms with Gasteiger partial charge in [0, 0.05) is 49.0 Å². The van der Waals surface area contributed by atoms with Gasteiger partial charge in [0.2, 0.25) is 0 Å². The average Bonchev–Trinajstić information content (AvgIpc) is 2.76. The first-order chi connectivity index (χ1) is 8.00. The Kier molecular flexibility index (Phi) is 5.91. The van der Waals surface area contributed by atoms with Gasteiger partial charge in [0.05, 0.1) is 6.10 Å². The zero-order valence-electron chi connectivity index (χ0n) is 10.8. The number of hydrogen-bond acceptors (Lipinski definition) is 3. The monoisotopic (exact) mass is 262 g/mol. The van der Waals surface area contributed by atoms with E-state index in [1.807, 2.05) is 6.92 Å². The summed E-state index contributed by atoms with van der Waals surface area (Å²) in [6.45, 7) is 3.25. The van der Waals surface area contributed by atoms with E-state index in [2.05, 4.69) is 5.32 Å². The Balaban J connectivity index is 2.27. The van der Waals surface area contributed by atoms with Crippen LogP contribution in [0.5, 0.6) is 0 Å². The fourth-order valence-corrected chi connectivity index (χ4v) is 2.69. The van der Waals surface area contributed by atoms with Crippen molar-refractivity contribution in [1.82, 2.24) is 10.2 Å². The Morgan fingerprint density at radius 1 is 1.65 bits per heavy atom. The van der Waals surface area contributed by atoms with Gasteiger partial charge in [-0.15, -0.1) is 0 Å². The van der Waals surface area contributed by atoms with E-state index in [1.165, 1.54) is 0 Å². The van der Waals surface area contributed by atoms with Gasteiger partial charge in [0.1, 0.15) is 0 Å². The number of urea groups is 1. The van der Waals surface area contributed by atoms with Crippen LogP contribution in [-0.2, 0) is 15.5 Å². The van der Waals surface area contributed by atoms with Crippen molar-refractivity contribution in [1.29, 1.82) is 0 Å². The maximum atomic E-state index is 11.8. The Bertz CT molecular complexity index is 280.